The molecule has 5 rings (SSSR count). The summed E-state index contributed by atoms with van der Waals surface area (Å²) in [5, 5.41) is 14.5. The SMILES string of the molecule is CCCCc1cn(-c2ccccc2C(C)(C)C)c(=O)n1Cc1ccc(-c2ccccc2-c2nn[nH]n2)cc1. The predicted molar refractivity (Wildman–Crippen MR) is 151 cm³/mol. The molecule has 0 aliphatic heterocycles. The number of hydrogen-bond acceptors (Lipinski definition) is 4. The number of unbranched alkanes of at least 4 members (excludes halogenated alkanes) is 1. The van der Waals surface area contributed by atoms with E-state index in [2.05, 4.69) is 84.7 Å². The molecule has 38 heavy (non-hydrogen) atoms. The number of aromatic nitrogens is 6. The molecule has 0 atom stereocenters. The third-order valence-corrected chi connectivity index (χ3v) is 6.94. The first kappa shape index (κ1) is 25.4. The molecule has 194 valence electrons. The van der Waals surface area contributed by atoms with Crippen LogP contribution in [0.25, 0.3) is 28.2 Å². The fourth-order valence-electron chi connectivity index (χ4n) is 4.92. The van der Waals surface area contributed by atoms with Gasteiger partial charge in [-0.15, -0.1) is 10.2 Å². The van der Waals surface area contributed by atoms with Crippen LogP contribution in [0.15, 0.2) is 83.8 Å². The first-order chi connectivity index (χ1) is 18.4. The van der Waals surface area contributed by atoms with E-state index in [1.54, 1.807) is 0 Å². The van der Waals surface area contributed by atoms with Crippen LogP contribution in [0.4, 0.5) is 0 Å². The average Bonchev–Trinajstić information content (AvgIpc) is 3.56. The summed E-state index contributed by atoms with van der Waals surface area (Å²) in [4.78, 5) is 13.8. The van der Waals surface area contributed by atoms with E-state index in [0.717, 1.165) is 58.5 Å². The van der Waals surface area contributed by atoms with Gasteiger partial charge in [0.05, 0.1) is 12.2 Å². The summed E-state index contributed by atoms with van der Waals surface area (Å²) in [5.41, 5.74) is 7.19. The normalized spacial score (nSPS) is 11.7. The number of tetrazole rings is 1. The molecule has 5 aromatic rings. The van der Waals surface area contributed by atoms with Gasteiger partial charge in [0.1, 0.15) is 0 Å². The smallest absolute Gasteiger partial charge is 0.292 e. The van der Waals surface area contributed by atoms with Gasteiger partial charge < -0.3 is 0 Å². The third kappa shape index (κ3) is 5.09. The molecule has 3 aromatic carbocycles. The second-order valence-corrected chi connectivity index (χ2v) is 10.7. The summed E-state index contributed by atoms with van der Waals surface area (Å²) in [6.45, 7) is 9.26. The first-order valence-corrected chi connectivity index (χ1v) is 13.2. The minimum absolute atomic E-state index is 0.000619. The molecule has 7 heteroatoms. The molecule has 2 aromatic heterocycles. The van der Waals surface area contributed by atoms with E-state index < -0.39 is 0 Å². The Kier molecular flexibility index (Phi) is 7.09. The molecular weight excluding hydrogens is 472 g/mol. The van der Waals surface area contributed by atoms with Crippen LogP contribution < -0.4 is 5.69 Å². The van der Waals surface area contributed by atoms with Crippen molar-refractivity contribution in [3.63, 3.8) is 0 Å². The average molecular weight is 507 g/mol. The van der Waals surface area contributed by atoms with Gasteiger partial charge in [-0.1, -0.05) is 101 Å². The second kappa shape index (κ2) is 10.6. The number of H-pyrrole nitrogens is 1. The Morgan fingerprint density at radius 2 is 1.61 bits per heavy atom. The number of aryl methyl sites for hydroxylation is 1. The van der Waals surface area contributed by atoms with Crippen molar-refractivity contribution in [3.8, 4) is 28.2 Å². The van der Waals surface area contributed by atoms with E-state index in [0.29, 0.717) is 12.4 Å². The number of rotatable bonds is 8. The summed E-state index contributed by atoms with van der Waals surface area (Å²) in [6.07, 6.45) is 5.02. The summed E-state index contributed by atoms with van der Waals surface area (Å²) in [5.74, 6) is 0.564. The Bertz CT molecular complexity index is 1570. The minimum Gasteiger partial charge on any atom is -0.292 e. The van der Waals surface area contributed by atoms with Crippen molar-refractivity contribution in [2.75, 3.05) is 0 Å². The summed E-state index contributed by atoms with van der Waals surface area (Å²) >= 11 is 0. The van der Waals surface area contributed by atoms with Crippen molar-refractivity contribution in [3.05, 3.63) is 106 Å². The lowest BCUT2D eigenvalue weighted by Gasteiger charge is -2.22. The molecule has 0 bridgehead atoms. The Morgan fingerprint density at radius 1 is 0.895 bits per heavy atom. The topological polar surface area (TPSA) is 81.4 Å². The van der Waals surface area contributed by atoms with Crippen LogP contribution in [0.5, 0.6) is 0 Å². The predicted octanol–water partition coefficient (Wildman–Crippen LogP) is 6.17. The highest BCUT2D eigenvalue weighted by molar-refractivity contribution is 5.80. The molecule has 2 heterocycles. The van der Waals surface area contributed by atoms with Gasteiger partial charge in [-0.05, 0) is 51.8 Å². The van der Waals surface area contributed by atoms with E-state index in [1.165, 1.54) is 0 Å². The number of para-hydroxylation sites is 1. The monoisotopic (exact) mass is 506 g/mol. The lowest BCUT2D eigenvalue weighted by atomic mass is 9.86. The summed E-state index contributed by atoms with van der Waals surface area (Å²) in [7, 11) is 0. The van der Waals surface area contributed by atoms with Crippen molar-refractivity contribution >= 4 is 0 Å². The largest absolute Gasteiger partial charge is 0.333 e. The zero-order valence-corrected chi connectivity index (χ0v) is 22.5. The standard InChI is InChI=1S/C31H34N6O/c1-5-6-11-24-21-37(28-15-10-9-14-27(28)31(2,3)4)30(38)36(24)20-22-16-18-23(19-17-22)25-12-7-8-13-26(25)29-32-34-35-33-29/h7-10,12-19,21H,5-6,11,20H2,1-4H3,(H,32,33,34,35). The van der Waals surface area contributed by atoms with Crippen LogP contribution in [-0.2, 0) is 18.4 Å². The van der Waals surface area contributed by atoms with E-state index in [4.69, 9.17) is 0 Å². The Balaban J connectivity index is 1.50. The Hall–Kier alpha value is -4.26. The zero-order chi connectivity index (χ0) is 26.7. The van der Waals surface area contributed by atoms with Gasteiger partial charge in [0.15, 0.2) is 0 Å². The van der Waals surface area contributed by atoms with Crippen molar-refractivity contribution in [1.82, 2.24) is 29.8 Å². The van der Waals surface area contributed by atoms with E-state index in [-0.39, 0.29) is 11.1 Å². The summed E-state index contributed by atoms with van der Waals surface area (Å²) < 4.78 is 3.76. The van der Waals surface area contributed by atoms with Crippen LogP contribution >= 0.6 is 0 Å². The molecule has 0 saturated carbocycles. The van der Waals surface area contributed by atoms with Crippen molar-refractivity contribution < 1.29 is 0 Å². The number of benzene rings is 3. The van der Waals surface area contributed by atoms with Gasteiger partial charge >= 0.3 is 5.69 Å². The number of hydrogen-bond donors (Lipinski definition) is 1. The zero-order valence-electron chi connectivity index (χ0n) is 22.5. The van der Waals surface area contributed by atoms with Gasteiger partial charge in [-0.2, -0.15) is 5.21 Å². The van der Waals surface area contributed by atoms with Crippen molar-refractivity contribution in [2.45, 2.75) is 58.9 Å². The van der Waals surface area contributed by atoms with Gasteiger partial charge in [-0.25, -0.2) is 4.79 Å². The Morgan fingerprint density at radius 3 is 2.29 bits per heavy atom. The van der Waals surface area contributed by atoms with Crippen LogP contribution in [0.2, 0.25) is 0 Å². The highest BCUT2D eigenvalue weighted by Gasteiger charge is 2.21. The molecule has 0 aliphatic rings. The van der Waals surface area contributed by atoms with Crippen LogP contribution in [0, 0.1) is 0 Å². The molecule has 0 unspecified atom stereocenters. The first-order valence-electron chi connectivity index (χ1n) is 13.2. The van der Waals surface area contributed by atoms with Crippen molar-refractivity contribution in [2.24, 2.45) is 0 Å². The van der Waals surface area contributed by atoms with Gasteiger partial charge in [-0.3, -0.25) is 9.13 Å². The fraction of sp³-hybridized carbons (Fsp3) is 0.290. The highest BCUT2D eigenvalue weighted by atomic mass is 16.1. The second-order valence-electron chi connectivity index (χ2n) is 10.7. The molecule has 0 saturated heterocycles. The van der Waals surface area contributed by atoms with Crippen LogP contribution in [0.3, 0.4) is 0 Å². The maximum absolute atomic E-state index is 13.8. The molecule has 0 fully saturated rings. The van der Waals surface area contributed by atoms with Crippen molar-refractivity contribution in [1.29, 1.82) is 0 Å². The van der Waals surface area contributed by atoms with Crippen LogP contribution in [-0.4, -0.2) is 29.8 Å². The summed E-state index contributed by atoms with van der Waals surface area (Å²) in [6, 6.07) is 24.6. The highest BCUT2D eigenvalue weighted by Crippen LogP contribution is 2.30. The molecule has 0 radical (unpaired) electrons. The quantitative estimate of drug-likeness (QED) is 0.273. The molecule has 0 spiro atoms. The van der Waals surface area contributed by atoms with Gasteiger partial charge in [0.2, 0.25) is 5.82 Å². The number of imidazole rings is 1. The minimum atomic E-state index is -0.0741. The lowest BCUT2D eigenvalue weighted by Crippen LogP contribution is -2.26. The number of aromatic amines is 1. The van der Waals surface area contributed by atoms with Crippen LogP contribution in [0.1, 0.15) is 57.4 Å². The number of nitrogens with one attached hydrogen (secondary N) is 1. The maximum Gasteiger partial charge on any atom is 0.333 e. The molecular formula is C31H34N6O. The third-order valence-electron chi connectivity index (χ3n) is 6.94. The van der Waals surface area contributed by atoms with E-state index in [1.807, 2.05) is 51.7 Å². The van der Waals surface area contributed by atoms with E-state index in [9.17, 15) is 4.79 Å². The van der Waals surface area contributed by atoms with Gasteiger partial charge in [0, 0.05) is 17.5 Å². The lowest BCUT2D eigenvalue weighted by molar-refractivity contribution is 0.584. The Labute approximate surface area is 223 Å². The maximum atomic E-state index is 13.8. The molecule has 7 nitrogen and oxygen atoms in total. The van der Waals surface area contributed by atoms with Gasteiger partial charge in [0.25, 0.3) is 0 Å². The number of nitrogens with zero attached hydrogens (tertiary/aromatic N) is 5. The molecule has 0 amide bonds. The molecule has 0 aliphatic carbocycles. The molecule has 1 N–H and O–H groups in total. The fourth-order valence-corrected chi connectivity index (χ4v) is 4.92. The van der Waals surface area contributed by atoms with E-state index >= 15 is 0 Å².